The number of hydrogen-bond donors (Lipinski definition) is 21. The number of nitrogens with zero attached hydrogens (tertiary/aromatic N) is 11. The van der Waals surface area contributed by atoms with E-state index in [-0.39, 0.29) is 189 Å². The van der Waals surface area contributed by atoms with E-state index in [1.54, 1.807) is 0 Å². The number of anilines is 1. The molecule has 0 spiro atoms. The average molecular weight is 1390 g/mol. The fraction of sp³-hybridized carbons (Fsp3) is 0.635. The minimum atomic E-state index is -2.31. The number of H-pyrrole nitrogens is 1. The maximum absolute atomic E-state index is 14.7. The van der Waals surface area contributed by atoms with Gasteiger partial charge in [0, 0.05) is 66.8 Å². The number of aromatic amines is 1. The highest BCUT2D eigenvalue weighted by Crippen LogP contribution is 2.28. The van der Waals surface area contributed by atoms with E-state index in [1.165, 1.54) is 41.5 Å². The minimum Gasteiger partial charge on any atom is -0.370 e. The Kier molecular flexibility index (Phi) is 35.0. The molecule has 540 valence electrons. The van der Waals surface area contributed by atoms with Gasteiger partial charge in [-0.3, -0.25) is 82.7 Å². The molecule has 3 heterocycles. The molecular weight excluding hydrogens is 1300 g/mol. The molecule has 1 saturated heterocycles. The van der Waals surface area contributed by atoms with Crippen LogP contribution in [0, 0.1) is 0 Å². The van der Waals surface area contributed by atoms with Crippen LogP contribution in [-0.4, -0.2) is 234 Å². The number of rotatable bonds is 43. The first-order chi connectivity index (χ1) is 45.8. The fourth-order valence-electron chi connectivity index (χ4n) is 9.32. The monoisotopic (exact) mass is 1390 g/mol. The Morgan fingerprint density at radius 2 is 0.918 bits per heavy atom. The number of nitrogens with two attached hydrogens (primary N) is 13. The minimum absolute atomic E-state index is 0.0135. The molecule has 0 saturated carbocycles. The number of ether oxygens (including phenoxy) is 1. The maximum atomic E-state index is 14.7. The normalized spacial score (nSPS) is 15.4. The first kappa shape index (κ1) is 80.7. The molecule has 1 fully saturated rings. The lowest BCUT2D eigenvalue weighted by atomic mass is 10.0. The van der Waals surface area contributed by atoms with E-state index in [9.17, 15) is 47.7 Å². The first-order valence-electron chi connectivity index (χ1n) is 30.7. The van der Waals surface area contributed by atoms with E-state index in [0.717, 1.165) is 0 Å². The summed E-state index contributed by atoms with van der Waals surface area (Å²) >= 11 is 0. The van der Waals surface area contributed by atoms with Crippen LogP contribution in [0.2, 0.25) is 0 Å². The van der Waals surface area contributed by atoms with Crippen molar-refractivity contribution in [2.24, 2.45) is 98.8 Å². The zero-order valence-electron chi connectivity index (χ0n) is 54.5. The largest absolute Gasteiger partial charge is 0.615 e. The maximum Gasteiger partial charge on any atom is 0.615 e. The Bertz CT molecular complexity index is 3220. The second-order valence-electron chi connectivity index (χ2n) is 22.1. The van der Waals surface area contributed by atoms with Gasteiger partial charge in [-0.25, -0.2) is 4.98 Å². The number of carbonyl (C=O) groups is 8. The molecule has 8 amide bonds. The predicted octanol–water partition coefficient (Wildman–Crippen LogP) is -9.97. The third-order valence-corrected chi connectivity index (χ3v) is 14.9. The molecule has 2 aromatic rings. The molecule has 0 radical (unpaired) electrons. The van der Waals surface area contributed by atoms with E-state index in [0.29, 0.717) is 0 Å². The van der Waals surface area contributed by atoms with Gasteiger partial charge in [0.1, 0.15) is 49.0 Å². The summed E-state index contributed by atoms with van der Waals surface area (Å²) in [5.74, 6) is -8.34. The summed E-state index contributed by atoms with van der Waals surface area (Å²) in [6, 6.07) is -8.51. The van der Waals surface area contributed by atoms with Gasteiger partial charge in [0.05, 0.1) is 19.4 Å². The summed E-state index contributed by atoms with van der Waals surface area (Å²) in [5.41, 5.74) is 71.8. The van der Waals surface area contributed by atoms with E-state index in [2.05, 4.69) is 82.1 Å². The molecule has 44 nitrogen and oxygen atoms in total. The van der Waals surface area contributed by atoms with Crippen LogP contribution in [-0.2, 0) is 52.2 Å². The van der Waals surface area contributed by atoms with Gasteiger partial charge < -0.3 is 121 Å². The van der Waals surface area contributed by atoms with E-state index in [4.69, 9.17) is 83.8 Å². The molecule has 97 heavy (non-hydrogen) atoms. The number of amides is 8. The Balaban J connectivity index is 2.02. The molecule has 0 aliphatic carbocycles. The predicted molar refractivity (Wildman–Crippen MR) is 360 cm³/mol. The zero-order chi connectivity index (χ0) is 72.3. The first-order valence-corrected chi connectivity index (χ1v) is 31.8. The van der Waals surface area contributed by atoms with Gasteiger partial charge in [-0.15, -0.1) is 4.52 Å². The van der Waals surface area contributed by atoms with Crippen LogP contribution >= 0.6 is 8.18 Å². The van der Waals surface area contributed by atoms with Crippen LogP contribution < -0.4 is 117 Å². The van der Waals surface area contributed by atoms with Crippen molar-refractivity contribution in [1.82, 2.24) is 66.3 Å². The van der Waals surface area contributed by atoms with Crippen LogP contribution in [0.5, 0.6) is 0 Å². The fourth-order valence-corrected chi connectivity index (χ4v) is 9.85. The Morgan fingerprint density at radius 3 is 1.25 bits per heavy atom. The van der Waals surface area contributed by atoms with Crippen LogP contribution in [0.25, 0.3) is 11.2 Å². The second kappa shape index (κ2) is 42.1. The highest BCUT2D eigenvalue weighted by Gasteiger charge is 2.38. The van der Waals surface area contributed by atoms with Crippen LogP contribution in [0.3, 0.4) is 0 Å². The Labute approximate surface area is 558 Å². The summed E-state index contributed by atoms with van der Waals surface area (Å²) in [7, 11) is 0.747. The van der Waals surface area contributed by atoms with E-state index in [1.807, 2.05) is 0 Å². The molecule has 1 aliphatic heterocycles. The smallest absolute Gasteiger partial charge is 0.370 e. The van der Waals surface area contributed by atoms with E-state index < -0.39 is 116 Å². The number of hydrogen-bond acceptors (Lipinski definition) is 21. The van der Waals surface area contributed by atoms with Crippen molar-refractivity contribution in [2.45, 2.75) is 133 Å². The molecule has 0 aromatic carbocycles. The van der Waals surface area contributed by atoms with Gasteiger partial charge in [0.2, 0.25) is 53.2 Å². The third kappa shape index (κ3) is 31.1. The van der Waals surface area contributed by atoms with Gasteiger partial charge in [-0.1, -0.05) is 4.67 Å². The summed E-state index contributed by atoms with van der Waals surface area (Å²) in [5, 5.41) is 18.4. The Hall–Kier alpha value is -10.5. The van der Waals surface area contributed by atoms with Crippen LogP contribution in [0.15, 0.2) is 41.1 Å². The number of carbonyl (C=O) groups excluding carboxylic acids is 8. The van der Waals surface area contributed by atoms with Crippen molar-refractivity contribution in [1.29, 1.82) is 0 Å². The number of fused-ring (bicyclic) bond motifs is 1. The van der Waals surface area contributed by atoms with Crippen molar-refractivity contribution in [3.05, 3.63) is 16.7 Å². The molecule has 1 aliphatic rings. The van der Waals surface area contributed by atoms with Crippen LogP contribution in [0.4, 0.5) is 5.95 Å². The van der Waals surface area contributed by atoms with Gasteiger partial charge in [0.25, 0.3) is 5.56 Å². The quantitative estimate of drug-likeness (QED) is 0.0127. The number of nitrogen functional groups attached to an aromatic ring is 1. The van der Waals surface area contributed by atoms with E-state index >= 15 is 0 Å². The molecule has 0 bridgehead atoms. The van der Waals surface area contributed by atoms with Crippen LogP contribution in [0.1, 0.15) is 90.2 Å². The molecule has 34 N–H and O–H groups in total. The molecule has 45 heteroatoms. The lowest BCUT2D eigenvalue weighted by molar-refractivity contribution is -0.157. The van der Waals surface area contributed by atoms with Gasteiger partial charge in [-0.05, 0) is 81.6 Å². The summed E-state index contributed by atoms with van der Waals surface area (Å²) in [4.78, 5) is 161. The number of nitrogens with one attached hydrogen (secondary N) is 8. The summed E-state index contributed by atoms with van der Waals surface area (Å²) in [6.07, 6.45) is -0.840. The highest BCUT2D eigenvalue weighted by atomic mass is 31.1. The number of imidazole rings is 1. The SMILES string of the molecule is CC(=O)N[C@@H](CCCN=C(N)N)C(=O)NC(CCCN=C(N)N)C(=O)N[C@@H](CCCN=C(N)N)C(=O)N[C@@H](CCCN=C(N)N)C(=O)N[C@@H](CCCN=C(N)N)C(=O)N[C@@H](CCCN=C(N)N)C(=O)NCC(=O)N1C[C@@H](CO[P+](=O)N(C)C)O[C@@H](n2cnc3c(=O)[nH]c(N)nc32)C1. The van der Waals surface area contributed by atoms with Gasteiger partial charge in [-0.2, -0.15) is 4.98 Å². The van der Waals surface area contributed by atoms with Gasteiger partial charge in [0.15, 0.2) is 53.1 Å². The molecule has 2 aromatic heterocycles. The molecule has 2 unspecified atom stereocenters. The summed E-state index contributed by atoms with van der Waals surface area (Å²) < 4.78 is 27.1. The number of aliphatic imine (C=N–C) groups is 6. The van der Waals surface area contributed by atoms with Crippen molar-refractivity contribution in [3.8, 4) is 0 Å². The number of guanidine groups is 6. The Morgan fingerprint density at radius 1 is 0.577 bits per heavy atom. The number of morpholine rings is 1. The zero-order valence-corrected chi connectivity index (χ0v) is 55.4. The molecular formula is C52H96N32O12P+. The lowest BCUT2D eigenvalue weighted by Crippen LogP contribution is -2.60. The van der Waals surface area contributed by atoms with Crippen molar-refractivity contribution < 1.29 is 52.2 Å². The molecule has 3 rings (SSSR count). The topological polar surface area (TPSA) is 739 Å². The molecule has 9 atom stereocenters. The van der Waals surface area contributed by atoms with Crippen molar-refractivity contribution >= 4 is 108 Å². The number of aromatic nitrogens is 4. The summed E-state index contributed by atoms with van der Waals surface area (Å²) in [6.45, 7) is -0.0689. The second-order valence-corrected chi connectivity index (χ2v) is 23.7. The van der Waals surface area contributed by atoms with Crippen molar-refractivity contribution in [2.75, 3.05) is 85.3 Å². The van der Waals surface area contributed by atoms with Crippen molar-refractivity contribution in [3.63, 3.8) is 0 Å². The third-order valence-electron chi connectivity index (χ3n) is 13.9. The lowest BCUT2D eigenvalue weighted by Gasteiger charge is -2.37. The highest BCUT2D eigenvalue weighted by molar-refractivity contribution is 7.36. The van der Waals surface area contributed by atoms with Gasteiger partial charge >= 0.3 is 8.18 Å². The standard InChI is InChI=1S/C52H95N32O12P/c1-27(85)74-30(11-5-17-67-47(55)56)40(88)76-32(13-7-19-69-49(59)60)42(90)78-34(15-9-21-71-51(63)64)44(92)79-33(14-8-20-70-50(61)62)43(91)77-31(12-6-18-68-48(57)58)41(89)75-29(10-4-16-66-46(53)54)39(87)72-22-35(86)83-23-28(25-95-97(94)82(2)3)96-36(24-83)84-26-73-37-38(84)80-52(65)81-45(37)93/h26,28-34,36H,4-25H2,1-3H3,(H33-,53,54,55,56,57,58,59,60,61,62,63,64,65,66,67,68,69,70,71,72,74,75,76,77,78,79,80,81,85,87,88,89,90,91,92,93)/p+1/t28-,29-,30-,31-,32?,33-,34-,36+/m0/s1. The average Bonchev–Trinajstić information content (AvgIpc) is 1.67.